The van der Waals surface area contributed by atoms with Crippen LogP contribution in [0.15, 0.2) is 95.9 Å². The molecule has 4 aromatic carbocycles. The summed E-state index contributed by atoms with van der Waals surface area (Å²) in [5.74, 6) is -0.947. The van der Waals surface area contributed by atoms with Crippen molar-refractivity contribution in [2.75, 3.05) is 17.4 Å². The van der Waals surface area contributed by atoms with Gasteiger partial charge in [0.2, 0.25) is 11.8 Å². The number of benzene rings is 4. The summed E-state index contributed by atoms with van der Waals surface area (Å²) in [7, 11) is -4.24. The molecule has 1 atom stereocenters. The zero-order chi connectivity index (χ0) is 32.7. The molecule has 11 heteroatoms. The Morgan fingerprint density at radius 1 is 0.800 bits per heavy atom. The van der Waals surface area contributed by atoms with Gasteiger partial charge < -0.3 is 10.2 Å². The Balaban J connectivity index is 1.82. The van der Waals surface area contributed by atoms with Crippen LogP contribution in [0.1, 0.15) is 29.2 Å². The number of nitrogens with zero attached hydrogens (tertiary/aromatic N) is 2. The quantitative estimate of drug-likeness (QED) is 0.170. The maximum absolute atomic E-state index is 14.5. The number of hydrogen-bond donors (Lipinski definition) is 1. The third kappa shape index (κ3) is 8.58. The number of aryl methyl sites for hydroxylation is 2. The summed E-state index contributed by atoms with van der Waals surface area (Å²) in [4.78, 5) is 29.4. The molecule has 1 unspecified atom stereocenters. The van der Waals surface area contributed by atoms with Gasteiger partial charge >= 0.3 is 0 Å². The standard InChI is InChI=1S/C34H34Cl3N3O4S/c1-4-38-34(42)32(20-25-8-6-5-7-9-25)39(21-26-11-17-30(36)31(37)19-26)33(41)22-40(28-14-10-23(2)24(3)18-28)45(43,44)29-15-12-27(35)13-16-29/h5-19,32H,4,20-22H2,1-3H3,(H,38,42). The Kier molecular flexibility index (Phi) is 11.6. The highest BCUT2D eigenvalue weighted by Gasteiger charge is 2.34. The third-order valence-corrected chi connectivity index (χ3v) is 10.2. The molecule has 1 N–H and O–H groups in total. The van der Waals surface area contributed by atoms with E-state index in [1.807, 2.05) is 44.2 Å². The van der Waals surface area contributed by atoms with Gasteiger partial charge in [-0.25, -0.2) is 8.42 Å². The highest BCUT2D eigenvalue weighted by Crippen LogP contribution is 2.28. The summed E-state index contributed by atoms with van der Waals surface area (Å²) in [5.41, 5.74) is 3.59. The zero-order valence-corrected chi connectivity index (χ0v) is 28.2. The van der Waals surface area contributed by atoms with E-state index in [9.17, 15) is 18.0 Å². The Labute approximate surface area is 279 Å². The van der Waals surface area contributed by atoms with Crippen molar-refractivity contribution < 1.29 is 18.0 Å². The maximum Gasteiger partial charge on any atom is 0.264 e. The molecule has 7 nitrogen and oxygen atoms in total. The predicted molar refractivity (Wildman–Crippen MR) is 182 cm³/mol. The first kappa shape index (κ1) is 34.3. The Morgan fingerprint density at radius 2 is 1.49 bits per heavy atom. The summed E-state index contributed by atoms with van der Waals surface area (Å²) in [5, 5.41) is 3.86. The molecule has 2 amide bonds. The van der Waals surface area contributed by atoms with Crippen LogP contribution < -0.4 is 9.62 Å². The highest BCUT2D eigenvalue weighted by molar-refractivity contribution is 7.92. The maximum atomic E-state index is 14.5. The van der Waals surface area contributed by atoms with Gasteiger partial charge in [0.1, 0.15) is 12.6 Å². The number of sulfonamides is 1. The minimum Gasteiger partial charge on any atom is -0.355 e. The van der Waals surface area contributed by atoms with Crippen LogP contribution in [0.4, 0.5) is 5.69 Å². The van der Waals surface area contributed by atoms with Crippen molar-refractivity contribution in [1.82, 2.24) is 10.2 Å². The van der Waals surface area contributed by atoms with Crippen LogP contribution in [0, 0.1) is 13.8 Å². The first-order valence-electron chi connectivity index (χ1n) is 14.3. The second-order valence-corrected chi connectivity index (χ2v) is 13.7. The third-order valence-electron chi connectivity index (χ3n) is 7.42. The fourth-order valence-electron chi connectivity index (χ4n) is 4.82. The number of hydrogen-bond acceptors (Lipinski definition) is 4. The fraction of sp³-hybridized carbons (Fsp3) is 0.235. The number of carbonyl (C=O) groups excluding carboxylic acids is 2. The molecule has 0 aliphatic rings. The van der Waals surface area contributed by atoms with Crippen LogP contribution in [-0.2, 0) is 32.6 Å². The molecule has 0 fully saturated rings. The van der Waals surface area contributed by atoms with Gasteiger partial charge in [-0.1, -0.05) is 77.3 Å². The zero-order valence-electron chi connectivity index (χ0n) is 25.1. The molecule has 0 aromatic heterocycles. The van der Waals surface area contributed by atoms with Crippen molar-refractivity contribution in [3.8, 4) is 0 Å². The van der Waals surface area contributed by atoms with Crippen molar-refractivity contribution in [1.29, 1.82) is 0 Å². The van der Waals surface area contributed by atoms with Gasteiger partial charge in [-0.2, -0.15) is 0 Å². The summed E-state index contributed by atoms with van der Waals surface area (Å²) >= 11 is 18.5. The number of amides is 2. The van der Waals surface area contributed by atoms with Gasteiger partial charge in [0.25, 0.3) is 10.0 Å². The molecule has 0 saturated carbocycles. The van der Waals surface area contributed by atoms with Gasteiger partial charge in [-0.05, 0) is 91.6 Å². The van der Waals surface area contributed by atoms with E-state index >= 15 is 0 Å². The molecule has 236 valence electrons. The first-order valence-corrected chi connectivity index (χ1v) is 16.9. The molecule has 0 saturated heterocycles. The van der Waals surface area contributed by atoms with E-state index in [1.54, 1.807) is 43.3 Å². The topological polar surface area (TPSA) is 86.8 Å². The number of halogens is 3. The van der Waals surface area contributed by atoms with E-state index < -0.39 is 28.5 Å². The Bertz CT molecular complexity index is 1770. The number of nitrogens with one attached hydrogen (secondary N) is 1. The molecule has 0 bridgehead atoms. The molecule has 4 aromatic rings. The lowest BCUT2D eigenvalue weighted by Gasteiger charge is -2.34. The number of likely N-dealkylation sites (N-methyl/N-ethyl adjacent to an activating group) is 1. The SMILES string of the molecule is CCNC(=O)C(Cc1ccccc1)N(Cc1ccc(Cl)c(Cl)c1)C(=O)CN(c1ccc(C)c(C)c1)S(=O)(=O)c1ccc(Cl)cc1. The van der Waals surface area contributed by atoms with E-state index in [4.69, 9.17) is 34.8 Å². The van der Waals surface area contributed by atoms with Crippen molar-refractivity contribution in [3.63, 3.8) is 0 Å². The van der Waals surface area contributed by atoms with Crippen LogP contribution in [0.3, 0.4) is 0 Å². The average molecular weight is 687 g/mol. The normalized spacial score (nSPS) is 12.0. The average Bonchev–Trinajstić information content (AvgIpc) is 3.01. The lowest BCUT2D eigenvalue weighted by Crippen LogP contribution is -2.53. The van der Waals surface area contributed by atoms with E-state index in [0.29, 0.717) is 32.9 Å². The molecule has 0 aliphatic carbocycles. The molecule has 4 rings (SSSR count). The van der Waals surface area contributed by atoms with Crippen LogP contribution in [0.25, 0.3) is 0 Å². The summed E-state index contributed by atoms with van der Waals surface area (Å²) in [6.07, 6.45) is 0.202. The fourth-order valence-corrected chi connectivity index (χ4v) is 6.68. The number of rotatable bonds is 12. The highest BCUT2D eigenvalue weighted by atomic mass is 35.5. The summed E-state index contributed by atoms with van der Waals surface area (Å²) in [6, 6.07) is 24.3. The monoisotopic (exact) mass is 685 g/mol. The minimum absolute atomic E-state index is 0.0217. The van der Waals surface area contributed by atoms with Gasteiger partial charge in [-0.15, -0.1) is 0 Å². The Hall–Kier alpha value is -3.56. The van der Waals surface area contributed by atoms with Crippen molar-refractivity contribution in [2.24, 2.45) is 0 Å². The lowest BCUT2D eigenvalue weighted by molar-refractivity contribution is -0.140. The number of carbonyl (C=O) groups is 2. The lowest BCUT2D eigenvalue weighted by atomic mass is 10.0. The van der Waals surface area contributed by atoms with Crippen LogP contribution in [0.5, 0.6) is 0 Å². The largest absolute Gasteiger partial charge is 0.355 e. The molecule has 0 radical (unpaired) electrons. The molecule has 0 spiro atoms. The van der Waals surface area contributed by atoms with Crippen molar-refractivity contribution in [3.05, 3.63) is 128 Å². The molecule has 0 heterocycles. The van der Waals surface area contributed by atoms with Crippen LogP contribution in [0.2, 0.25) is 15.1 Å². The van der Waals surface area contributed by atoms with Gasteiger partial charge in [0.15, 0.2) is 0 Å². The van der Waals surface area contributed by atoms with Crippen molar-refractivity contribution >= 4 is 62.3 Å². The number of anilines is 1. The van der Waals surface area contributed by atoms with Gasteiger partial charge in [0, 0.05) is 24.5 Å². The Morgan fingerprint density at radius 3 is 2.11 bits per heavy atom. The van der Waals surface area contributed by atoms with Gasteiger partial charge in [0.05, 0.1) is 20.6 Å². The molecule has 45 heavy (non-hydrogen) atoms. The van der Waals surface area contributed by atoms with Gasteiger partial charge in [-0.3, -0.25) is 13.9 Å². The van der Waals surface area contributed by atoms with E-state index in [1.165, 1.54) is 29.2 Å². The smallest absolute Gasteiger partial charge is 0.264 e. The van der Waals surface area contributed by atoms with Crippen molar-refractivity contribution in [2.45, 2.75) is 44.7 Å². The van der Waals surface area contributed by atoms with Crippen LogP contribution >= 0.6 is 34.8 Å². The molecule has 0 aliphatic heterocycles. The molecular weight excluding hydrogens is 653 g/mol. The summed E-state index contributed by atoms with van der Waals surface area (Å²) < 4.78 is 29.3. The predicted octanol–water partition coefficient (Wildman–Crippen LogP) is 7.24. The summed E-state index contributed by atoms with van der Waals surface area (Å²) in [6.45, 7) is 5.34. The van der Waals surface area contributed by atoms with E-state index in [0.717, 1.165) is 21.0 Å². The van der Waals surface area contributed by atoms with E-state index in [-0.39, 0.29) is 23.8 Å². The second kappa shape index (κ2) is 15.1. The van der Waals surface area contributed by atoms with E-state index in [2.05, 4.69) is 5.32 Å². The molecular formula is C34H34Cl3N3O4S. The van der Waals surface area contributed by atoms with Crippen LogP contribution in [-0.4, -0.2) is 44.3 Å². The first-order chi connectivity index (χ1) is 21.4. The minimum atomic E-state index is -4.24. The second-order valence-electron chi connectivity index (χ2n) is 10.6.